The van der Waals surface area contributed by atoms with Crippen molar-refractivity contribution in [2.45, 2.75) is 20.1 Å². The van der Waals surface area contributed by atoms with Gasteiger partial charge in [0.05, 0.1) is 12.2 Å². The lowest BCUT2D eigenvalue weighted by Gasteiger charge is -2.09. The normalized spacial score (nSPS) is 10.7. The molecule has 0 fully saturated rings. The molecule has 0 saturated heterocycles. The molecule has 0 aliphatic carbocycles. The van der Waals surface area contributed by atoms with Crippen molar-refractivity contribution in [1.82, 2.24) is 4.98 Å². The third kappa shape index (κ3) is 3.88. The highest BCUT2D eigenvalue weighted by atomic mass is 19.3. The van der Waals surface area contributed by atoms with Gasteiger partial charge < -0.3 is 10.1 Å². The van der Waals surface area contributed by atoms with Gasteiger partial charge in [-0.15, -0.1) is 0 Å². The van der Waals surface area contributed by atoms with Gasteiger partial charge in [-0.3, -0.25) is 4.98 Å². The number of hydrogen-bond acceptors (Lipinski definition) is 3. The molecule has 1 heterocycles. The van der Waals surface area contributed by atoms with E-state index in [1.165, 1.54) is 6.07 Å². The maximum atomic E-state index is 13.5. The average Bonchev–Trinajstić information content (AvgIpc) is 2.40. The van der Waals surface area contributed by atoms with Crippen molar-refractivity contribution in [1.29, 1.82) is 0 Å². The number of halogens is 3. The molecule has 0 amide bonds. The summed E-state index contributed by atoms with van der Waals surface area (Å²) in [4.78, 5) is 4.19. The smallest absolute Gasteiger partial charge is 0.387 e. The number of alkyl halides is 2. The van der Waals surface area contributed by atoms with Gasteiger partial charge in [-0.1, -0.05) is 6.07 Å². The summed E-state index contributed by atoms with van der Waals surface area (Å²) in [6.45, 7) is -0.698. The van der Waals surface area contributed by atoms with Crippen LogP contribution in [0, 0.1) is 12.7 Å². The Morgan fingerprint density at radius 1 is 1.25 bits per heavy atom. The average molecular weight is 282 g/mol. The summed E-state index contributed by atoms with van der Waals surface area (Å²) in [5.74, 6) is -1.31. The van der Waals surface area contributed by atoms with E-state index in [1.807, 2.05) is 19.1 Å². The fraction of sp³-hybridized carbons (Fsp3) is 0.214. The maximum Gasteiger partial charge on any atom is 0.387 e. The molecule has 0 atom stereocenters. The minimum atomic E-state index is -3.04. The Labute approximate surface area is 114 Å². The fourth-order valence-electron chi connectivity index (χ4n) is 1.60. The molecule has 2 rings (SSSR count). The van der Waals surface area contributed by atoms with E-state index in [1.54, 1.807) is 6.20 Å². The molecule has 2 aromatic rings. The predicted molar refractivity (Wildman–Crippen MR) is 69.3 cm³/mol. The summed E-state index contributed by atoms with van der Waals surface area (Å²) in [5.41, 5.74) is 2.31. The molecule has 0 aliphatic heterocycles. The monoisotopic (exact) mass is 282 g/mol. The van der Waals surface area contributed by atoms with Gasteiger partial charge in [-0.2, -0.15) is 8.78 Å². The zero-order chi connectivity index (χ0) is 14.5. The van der Waals surface area contributed by atoms with Crippen LogP contribution in [0.25, 0.3) is 0 Å². The number of anilines is 1. The van der Waals surface area contributed by atoms with Crippen molar-refractivity contribution >= 4 is 5.69 Å². The van der Waals surface area contributed by atoms with Gasteiger partial charge in [-0.25, -0.2) is 4.39 Å². The number of hydrogen-bond donors (Lipinski definition) is 1. The molecule has 20 heavy (non-hydrogen) atoms. The molecule has 1 N–H and O–H groups in total. The third-order valence-corrected chi connectivity index (χ3v) is 2.59. The van der Waals surface area contributed by atoms with Crippen LogP contribution in [-0.4, -0.2) is 11.6 Å². The van der Waals surface area contributed by atoms with E-state index >= 15 is 0 Å². The lowest BCUT2D eigenvalue weighted by atomic mass is 10.2. The largest absolute Gasteiger partial charge is 0.432 e. The van der Waals surface area contributed by atoms with Gasteiger partial charge in [-0.05, 0) is 30.7 Å². The van der Waals surface area contributed by atoms with Crippen molar-refractivity contribution in [3.05, 3.63) is 53.6 Å². The van der Waals surface area contributed by atoms with Crippen LogP contribution in [0.15, 0.2) is 36.5 Å². The number of aryl methyl sites for hydroxylation is 1. The summed E-state index contributed by atoms with van der Waals surface area (Å²) < 4.78 is 41.5. The van der Waals surface area contributed by atoms with Crippen molar-refractivity contribution in [2.24, 2.45) is 0 Å². The molecule has 0 saturated carbocycles. The van der Waals surface area contributed by atoms with E-state index in [2.05, 4.69) is 15.0 Å². The number of ether oxygens (including phenoxy) is 1. The maximum absolute atomic E-state index is 13.5. The van der Waals surface area contributed by atoms with Crippen LogP contribution >= 0.6 is 0 Å². The lowest BCUT2D eigenvalue weighted by Crippen LogP contribution is -2.05. The van der Waals surface area contributed by atoms with Gasteiger partial charge in [0, 0.05) is 18.0 Å². The zero-order valence-electron chi connectivity index (χ0n) is 10.7. The van der Waals surface area contributed by atoms with Crippen molar-refractivity contribution in [3.63, 3.8) is 0 Å². The SMILES string of the molecule is Cc1ccc(CNc2ccc(OC(F)F)c(F)c2)nc1. The van der Waals surface area contributed by atoms with E-state index in [4.69, 9.17) is 0 Å². The Kier molecular flexibility index (Phi) is 4.45. The summed E-state index contributed by atoms with van der Waals surface area (Å²) in [6, 6.07) is 7.50. The van der Waals surface area contributed by atoms with Gasteiger partial charge in [0.1, 0.15) is 0 Å². The van der Waals surface area contributed by atoms with Crippen LogP contribution in [0.4, 0.5) is 18.9 Å². The highest BCUT2D eigenvalue weighted by Gasteiger charge is 2.10. The summed E-state index contributed by atoms with van der Waals surface area (Å²) in [5, 5.41) is 2.96. The van der Waals surface area contributed by atoms with Gasteiger partial charge in [0.15, 0.2) is 11.6 Å². The molecule has 3 nitrogen and oxygen atoms in total. The van der Waals surface area contributed by atoms with Gasteiger partial charge in [0.2, 0.25) is 0 Å². The summed E-state index contributed by atoms with van der Waals surface area (Å²) in [6.07, 6.45) is 1.73. The van der Waals surface area contributed by atoms with Crippen LogP contribution in [0.5, 0.6) is 5.75 Å². The molecule has 106 valence electrons. The molecule has 6 heteroatoms. The predicted octanol–water partition coefficient (Wildman–Crippen LogP) is 3.74. The van der Waals surface area contributed by atoms with Crippen molar-refractivity contribution < 1.29 is 17.9 Å². The minimum absolute atomic E-state index is 0.411. The molecule has 0 aliphatic rings. The highest BCUT2D eigenvalue weighted by Crippen LogP contribution is 2.23. The van der Waals surface area contributed by atoms with E-state index < -0.39 is 18.2 Å². The number of nitrogens with zero attached hydrogens (tertiary/aromatic N) is 1. The first-order chi connectivity index (χ1) is 9.54. The second kappa shape index (κ2) is 6.27. The third-order valence-electron chi connectivity index (χ3n) is 2.59. The number of rotatable bonds is 5. The molecular formula is C14H13F3N2O. The Bertz CT molecular complexity index is 573. The van der Waals surface area contributed by atoms with Gasteiger partial charge in [0.25, 0.3) is 0 Å². The molecule has 1 aromatic carbocycles. The molecule has 0 bridgehead atoms. The molecule has 0 spiro atoms. The van der Waals surface area contributed by atoms with E-state index in [0.29, 0.717) is 12.2 Å². The standard InChI is InChI=1S/C14H13F3N2O/c1-9-2-3-11(18-7-9)8-19-10-4-5-13(12(15)6-10)20-14(16)17/h2-7,14,19H,8H2,1H3. The zero-order valence-corrected chi connectivity index (χ0v) is 10.7. The van der Waals surface area contributed by atoms with Gasteiger partial charge >= 0.3 is 6.61 Å². The number of benzene rings is 1. The first kappa shape index (κ1) is 14.2. The van der Waals surface area contributed by atoms with Crippen LogP contribution < -0.4 is 10.1 Å². The fourth-order valence-corrected chi connectivity index (χ4v) is 1.60. The molecule has 1 aromatic heterocycles. The summed E-state index contributed by atoms with van der Waals surface area (Å²) in [7, 11) is 0. The van der Waals surface area contributed by atoms with E-state index in [9.17, 15) is 13.2 Å². The summed E-state index contributed by atoms with van der Waals surface area (Å²) >= 11 is 0. The topological polar surface area (TPSA) is 34.1 Å². The highest BCUT2D eigenvalue weighted by molar-refractivity contribution is 5.47. The Hall–Kier alpha value is -2.24. The number of nitrogens with one attached hydrogen (secondary N) is 1. The van der Waals surface area contributed by atoms with Crippen LogP contribution in [0.3, 0.4) is 0 Å². The van der Waals surface area contributed by atoms with Crippen molar-refractivity contribution in [3.8, 4) is 5.75 Å². The first-order valence-corrected chi connectivity index (χ1v) is 5.94. The van der Waals surface area contributed by atoms with E-state index in [-0.39, 0.29) is 0 Å². The van der Waals surface area contributed by atoms with Crippen LogP contribution in [0.2, 0.25) is 0 Å². The quantitative estimate of drug-likeness (QED) is 0.907. The number of pyridine rings is 1. The lowest BCUT2D eigenvalue weighted by molar-refractivity contribution is -0.0521. The van der Waals surface area contributed by atoms with Crippen LogP contribution in [-0.2, 0) is 6.54 Å². The number of aromatic nitrogens is 1. The molecule has 0 radical (unpaired) electrons. The Balaban J connectivity index is 1.99. The Morgan fingerprint density at radius 3 is 2.65 bits per heavy atom. The second-order valence-corrected chi connectivity index (χ2v) is 4.20. The van der Waals surface area contributed by atoms with Crippen LogP contribution in [0.1, 0.15) is 11.3 Å². The Morgan fingerprint density at radius 2 is 2.05 bits per heavy atom. The minimum Gasteiger partial charge on any atom is -0.432 e. The molecular weight excluding hydrogens is 269 g/mol. The van der Waals surface area contributed by atoms with Crippen molar-refractivity contribution in [2.75, 3.05) is 5.32 Å². The first-order valence-electron chi connectivity index (χ1n) is 5.94. The van der Waals surface area contributed by atoms with E-state index in [0.717, 1.165) is 23.4 Å². The molecule has 0 unspecified atom stereocenters. The second-order valence-electron chi connectivity index (χ2n) is 4.20.